The Balaban J connectivity index is 1.35. The molecule has 2 heterocycles. The van der Waals surface area contributed by atoms with Gasteiger partial charge in [0.15, 0.2) is 11.5 Å². The van der Waals surface area contributed by atoms with E-state index in [4.69, 9.17) is 21.1 Å². The molecule has 9 heteroatoms. The van der Waals surface area contributed by atoms with E-state index in [2.05, 4.69) is 5.32 Å². The van der Waals surface area contributed by atoms with Crippen LogP contribution in [0.4, 0.5) is 10.1 Å². The first-order valence-electron chi connectivity index (χ1n) is 11.2. The van der Waals surface area contributed by atoms with E-state index in [0.717, 1.165) is 29.0 Å². The van der Waals surface area contributed by atoms with E-state index in [-0.39, 0.29) is 29.6 Å². The molecule has 1 saturated heterocycles. The number of nitrogens with zero attached hydrogens (tertiary/aromatic N) is 1. The van der Waals surface area contributed by atoms with E-state index in [1.165, 1.54) is 37.7 Å². The number of rotatable bonds is 7. The number of thiophene rings is 1. The third kappa shape index (κ3) is 5.77. The highest BCUT2D eigenvalue weighted by atomic mass is 35.5. The van der Waals surface area contributed by atoms with Crippen molar-refractivity contribution in [2.75, 3.05) is 32.6 Å². The fraction of sp³-hybridized carbons (Fsp3) is 0.308. The van der Waals surface area contributed by atoms with Crippen molar-refractivity contribution in [2.45, 2.75) is 25.2 Å². The van der Waals surface area contributed by atoms with Gasteiger partial charge in [0.2, 0.25) is 5.91 Å². The van der Waals surface area contributed by atoms with Crippen LogP contribution in [0.3, 0.4) is 0 Å². The highest BCUT2D eigenvalue weighted by molar-refractivity contribution is 7.16. The number of anilines is 1. The third-order valence-corrected chi connectivity index (χ3v) is 7.35. The van der Waals surface area contributed by atoms with Crippen LogP contribution in [0.25, 0.3) is 0 Å². The minimum absolute atomic E-state index is 0.0942. The zero-order valence-corrected chi connectivity index (χ0v) is 21.0. The molecule has 1 aromatic heterocycles. The molecule has 184 valence electrons. The van der Waals surface area contributed by atoms with Gasteiger partial charge in [0, 0.05) is 23.7 Å². The minimum atomic E-state index is -0.630. The number of carbonyl (C=O) groups excluding carboxylic acids is 2. The van der Waals surface area contributed by atoms with Gasteiger partial charge < -0.3 is 19.7 Å². The molecule has 0 saturated carbocycles. The summed E-state index contributed by atoms with van der Waals surface area (Å²) in [7, 11) is 2.84. The van der Waals surface area contributed by atoms with Crippen molar-refractivity contribution in [2.24, 2.45) is 0 Å². The van der Waals surface area contributed by atoms with Gasteiger partial charge >= 0.3 is 0 Å². The molecule has 0 radical (unpaired) electrons. The van der Waals surface area contributed by atoms with Gasteiger partial charge in [0.05, 0.1) is 25.0 Å². The van der Waals surface area contributed by atoms with Crippen molar-refractivity contribution in [3.63, 3.8) is 0 Å². The molecule has 3 aromatic rings. The first-order chi connectivity index (χ1) is 16.9. The zero-order chi connectivity index (χ0) is 24.9. The Morgan fingerprint density at radius 3 is 2.37 bits per heavy atom. The van der Waals surface area contributed by atoms with E-state index in [0.29, 0.717) is 23.2 Å². The predicted octanol–water partition coefficient (Wildman–Crippen LogP) is 5.76. The van der Waals surface area contributed by atoms with Gasteiger partial charge in [-0.05, 0) is 60.7 Å². The summed E-state index contributed by atoms with van der Waals surface area (Å²) >= 11 is 7.32. The third-order valence-electron chi connectivity index (χ3n) is 6.12. The van der Waals surface area contributed by atoms with Gasteiger partial charge in [-0.1, -0.05) is 23.7 Å². The Labute approximate surface area is 212 Å². The Hall–Kier alpha value is -3.10. The molecule has 1 N–H and O–H groups in total. The van der Waals surface area contributed by atoms with Crippen LogP contribution in [-0.4, -0.2) is 44.0 Å². The minimum Gasteiger partial charge on any atom is -0.493 e. The molecule has 0 spiro atoms. The lowest BCUT2D eigenvalue weighted by Crippen LogP contribution is -2.38. The predicted molar refractivity (Wildman–Crippen MR) is 135 cm³/mol. The van der Waals surface area contributed by atoms with Gasteiger partial charge in [-0.2, -0.15) is 0 Å². The highest BCUT2D eigenvalue weighted by Gasteiger charge is 2.29. The van der Waals surface area contributed by atoms with Gasteiger partial charge in [0.25, 0.3) is 5.91 Å². The lowest BCUT2D eigenvalue weighted by molar-refractivity contribution is -0.115. The number of halogens is 2. The number of amides is 2. The molecule has 4 rings (SSSR count). The molecular formula is C26H26ClFN2O4S. The molecule has 6 nitrogen and oxygen atoms in total. The summed E-state index contributed by atoms with van der Waals surface area (Å²) in [5.41, 5.74) is 1.77. The molecule has 0 bridgehead atoms. The largest absolute Gasteiger partial charge is 0.493 e. The van der Waals surface area contributed by atoms with Gasteiger partial charge in [0.1, 0.15) is 11.4 Å². The first kappa shape index (κ1) is 25.0. The fourth-order valence-electron chi connectivity index (χ4n) is 4.33. The average Bonchev–Trinajstić information content (AvgIpc) is 3.28. The van der Waals surface area contributed by atoms with Crippen molar-refractivity contribution < 1.29 is 23.5 Å². The smallest absolute Gasteiger partial charge is 0.260 e. The summed E-state index contributed by atoms with van der Waals surface area (Å²) in [6.07, 6.45) is 1.79. The first-order valence-corrected chi connectivity index (χ1v) is 12.4. The molecule has 1 fully saturated rings. The maximum absolute atomic E-state index is 14.5. The van der Waals surface area contributed by atoms with Crippen molar-refractivity contribution >= 4 is 40.4 Å². The molecule has 0 atom stereocenters. The van der Waals surface area contributed by atoms with Crippen LogP contribution in [0.5, 0.6) is 11.5 Å². The molecule has 0 unspecified atom stereocenters. The molecule has 35 heavy (non-hydrogen) atoms. The number of hydrogen-bond acceptors (Lipinski definition) is 5. The maximum atomic E-state index is 14.5. The second-order valence-corrected chi connectivity index (χ2v) is 10.1. The lowest BCUT2D eigenvalue weighted by atomic mass is 9.89. The number of ether oxygens (including phenoxy) is 2. The van der Waals surface area contributed by atoms with Crippen LogP contribution in [0.15, 0.2) is 48.5 Å². The van der Waals surface area contributed by atoms with Gasteiger partial charge in [-0.25, -0.2) is 4.39 Å². The van der Waals surface area contributed by atoms with Crippen LogP contribution in [0.2, 0.25) is 4.34 Å². The number of piperidine rings is 1. The van der Waals surface area contributed by atoms with Crippen molar-refractivity contribution in [3.8, 4) is 11.5 Å². The summed E-state index contributed by atoms with van der Waals surface area (Å²) in [5, 5.41) is 2.91. The summed E-state index contributed by atoms with van der Waals surface area (Å²) in [6.45, 7) is 1.01. The number of benzene rings is 2. The van der Waals surface area contributed by atoms with Crippen molar-refractivity contribution in [1.82, 2.24) is 4.90 Å². The molecule has 2 amide bonds. The molecule has 2 aromatic carbocycles. The molecule has 1 aliphatic heterocycles. The Morgan fingerprint density at radius 2 is 1.77 bits per heavy atom. The van der Waals surface area contributed by atoms with Crippen molar-refractivity contribution in [3.05, 3.63) is 74.7 Å². The number of nitrogens with one attached hydrogen (secondary N) is 1. The molecular weight excluding hydrogens is 491 g/mol. The molecule has 1 aliphatic rings. The van der Waals surface area contributed by atoms with Crippen LogP contribution in [0, 0.1) is 5.82 Å². The summed E-state index contributed by atoms with van der Waals surface area (Å²) in [5.74, 6) is -0.424. The van der Waals surface area contributed by atoms with E-state index >= 15 is 0 Å². The summed E-state index contributed by atoms with van der Waals surface area (Å²) in [6, 6.07) is 14.1. The van der Waals surface area contributed by atoms with Crippen molar-refractivity contribution in [1.29, 1.82) is 0 Å². The normalized spacial score (nSPS) is 14.0. The number of likely N-dealkylation sites (tertiary alicyclic amines) is 1. The van der Waals surface area contributed by atoms with E-state index < -0.39 is 11.7 Å². The number of hydrogen-bond donors (Lipinski definition) is 1. The lowest BCUT2D eigenvalue weighted by Gasteiger charge is -2.32. The van der Waals surface area contributed by atoms with Gasteiger partial charge in [-0.15, -0.1) is 11.3 Å². The summed E-state index contributed by atoms with van der Waals surface area (Å²) in [4.78, 5) is 27.9. The second-order valence-electron chi connectivity index (χ2n) is 8.28. The van der Waals surface area contributed by atoms with Crippen LogP contribution < -0.4 is 14.8 Å². The van der Waals surface area contributed by atoms with Crippen LogP contribution in [-0.2, 0) is 11.2 Å². The Morgan fingerprint density at radius 1 is 1.06 bits per heavy atom. The van der Waals surface area contributed by atoms with E-state index in [1.54, 1.807) is 11.0 Å². The number of carbonyl (C=O) groups is 2. The van der Waals surface area contributed by atoms with Crippen LogP contribution in [0.1, 0.15) is 39.6 Å². The average molecular weight is 517 g/mol. The highest BCUT2D eigenvalue weighted by Crippen LogP contribution is 2.35. The van der Waals surface area contributed by atoms with Crippen LogP contribution >= 0.6 is 22.9 Å². The molecule has 0 aliphatic carbocycles. The Bertz CT molecular complexity index is 1210. The monoisotopic (exact) mass is 516 g/mol. The standard InChI is InChI=1S/C26H26ClFN2O4S/c1-33-21-9-8-20(28)24(25(21)34-2)26(32)30-13-11-17(12-14-30)16-3-5-18(6-4-16)29-23(31)15-19-7-10-22(27)35-19/h3-10,17H,11-15H2,1-2H3,(H,29,31). The zero-order valence-electron chi connectivity index (χ0n) is 19.5. The fourth-order valence-corrected chi connectivity index (χ4v) is 5.41. The summed E-state index contributed by atoms with van der Waals surface area (Å²) < 4.78 is 25.7. The Kier molecular flexibility index (Phi) is 7.93. The van der Waals surface area contributed by atoms with E-state index in [9.17, 15) is 14.0 Å². The maximum Gasteiger partial charge on any atom is 0.260 e. The van der Waals surface area contributed by atoms with E-state index in [1.807, 2.05) is 30.3 Å². The SMILES string of the molecule is COc1ccc(F)c(C(=O)N2CCC(c3ccc(NC(=O)Cc4ccc(Cl)s4)cc3)CC2)c1OC. The quantitative estimate of drug-likeness (QED) is 0.433. The second kappa shape index (κ2) is 11.1. The van der Waals surface area contributed by atoms with Gasteiger partial charge in [-0.3, -0.25) is 9.59 Å². The number of methoxy groups -OCH3 is 2. The topological polar surface area (TPSA) is 67.9 Å².